The minimum atomic E-state index is -1.13. The number of aliphatic hydroxyl groups excluding tert-OH is 1. The standard InChI is InChI=1S/C24H32O6/c1-14(2)11-22(27)23(28)16(4)8-6-7-15(3)9-10-18-12-21(26)19(13-20(18)25)17(5)24(29)30/h8-9,11-13,17,23,25-26,28H,6-7,10H2,1-5H3,(H,29,30). The summed E-state index contributed by atoms with van der Waals surface area (Å²) in [5.74, 6) is -2.54. The molecule has 30 heavy (non-hydrogen) atoms. The van der Waals surface area contributed by atoms with Gasteiger partial charge in [0.15, 0.2) is 5.78 Å². The lowest BCUT2D eigenvalue weighted by Gasteiger charge is -2.12. The molecule has 0 bridgehead atoms. The molecule has 0 fully saturated rings. The highest BCUT2D eigenvalue weighted by Crippen LogP contribution is 2.33. The molecule has 0 aliphatic carbocycles. The van der Waals surface area contributed by atoms with Crippen molar-refractivity contribution in [2.45, 2.75) is 65.9 Å². The van der Waals surface area contributed by atoms with Crippen LogP contribution in [-0.4, -0.2) is 38.3 Å². The number of carbonyl (C=O) groups excluding carboxylic acids is 1. The summed E-state index contributed by atoms with van der Waals surface area (Å²) in [6, 6.07) is 2.69. The molecular weight excluding hydrogens is 384 g/mol. The SMILES string of the molecule is CC(C)=CC(=O)C(O)C(C)=CCCC(C)=CCc1cc(O)c(C(C)C(=O)O)cc1O. The summed E-state index contributed by atoms with van der Waals surface area (Å²) < 4.78 is 0. The van der Waals surface area contributed by atoms with Crippen LogP contribution >= 0.6 is 0 Å². The number of allylic oxidation sites excluding steroid dienone is 4. The number of ketones is 1. The van der Waals surface area contributed by atoms with E-state index in [1.54, 1.807) is 20.8 Å². The van der Waals surface area contributed by atoms with Crippen molar-refractivity contribution in [1.29, 1.82) is 0 Å². The second-order valence-electron chi connectivity index (χ2n) is 7.87. The number of benzene rings is 1. The van der Waals surface area contributed by atoms with Crippen molar-refractivity contribution < 1.29 is 30.0 Å². The first-order valence-electron chi connectivity index (χ1n) is 9.90. The number of phenolic OH excluding ortho intramolecular Hbond substituents is 2. The maximum absolute atomic E-state index is 11.9. The highest BCUT2D eigenvalue weighted by Gasteiger charge is 2.19. The topological polar surface area (TPSA) is 115 Å². The van der Waals surface area contributed by atoms with E-state index in [2.05, 4.69) is 0 Å². The molecule has 1 aromatic rings. The first-order valence-corrected chi connectivity index (χ1v) is 9.90. The lowest BCUT2D eigenvalue weighted by Crippen LogP contribution is -2.19. The second kappa shape index (κ2) is 11.4. The number of carboxylic acid groups (broad SMARTS) is 1. The minimum Gasteiger partial charge on any atom is -0.508 e. The van der Waals surface area contributed by atoms with Gasteiger partial charge in [0.25, 0.3) is 0 Å². The van der Waals surface area contributed by atoms with E-state index in [0.29, 0.717) is 30.4 Å². The number of aromatic hydroxyl groups is 2. The zero-order valence-electron chi connectivity index (χ0n) is 18.3. The van der Waals surface area contributed by atoms with Gasteiger partial charge in [0.1, 0.15) is 17.6 Å². The van der Waals surface area contributed by atoms with E-state index in [9.17, 15) is 24.9 Å². The number of hydrogen-bond donors (Lipinski definition) is 4. The molecule has 0 aromatic heterocycles. The molecule has 0 amide bonds. The first kappa shape index (κ1) is 25.2. The Kier molecular flexibility index (Phi) is 9.53. The Morgan fingerprint density at radius 3 is 2.23 bits per heavy atom. The maximum Gasteiger partial charge on any atom is 0.310 e. The van der Waals surface area contributed by atoms with Crippen LogP contribution in [0.5, 0.6) is 11.5 Å². The molecule has 0 radical (unpaired) electrons. The number of phenols is 2. The Morgan fingerprint density at radius 1 is 1.03 bits per heavy atom. The fourth-order valence-corrected chi connectivity index (χ4v) is 2.89. The normalized spacial score (nSPS) is 14.2. The molecule has 0 spiro atoms. The molecule has 1 aromatic carbocycles. The van der Waals surface area contributed by atoms with Gasteiger partial charge in [-0.2, -0.15) is 0 Å². The molecule has 6 nitrogen and oxygen atoms in total. The number of aliphatic carboxylic acids is 1. The van der Waals surface area contributed by atoms with E-state index in [-0.39, 0.29) is 22.8 Å². The van der Waals surface area contributed by atoms with Gasteiger partial charge in [0, 0.05) is 11.1 Å². The number of rotatable bonds is 10. The molecule has 2 unspecified atom stereocenters. The summed E-state index contributed by atoms with van der Waals surface area (Å²) in [4.78, 5) is 23.0. The molecule has 0 aliphatic heterocycles. The number of carbonyl (C=O) groups is 2. The van der Waals surface area contributed by atoms with Crippen molar-refractivity contribution in [1.82, 2.24) is 0 Å². The summed E-state index contributed by atoms with van der Waals surface area (Å²) in [5.41, 5.74) is 3.17. The fraction of sp³-hybridized carbons (Fsp3) is 0.417. The Bertz CT molecular complexity index is 872. The van der Waals surface area contributed by atoms with Crippen LogP contribution in [0.4, 0.5) is 0 Å². The predicted octanol–water partition coefficient (Wildman–Crippen LogP) is 4.40. The van der Waals surface area contributed by atoms with Crippen LogP contribution < -0.4 is 0 Å². The fourth-order valence-electron chi connectivity index (χ4n) is 2.89. The van der Waals surface area contributed by atoms with Crippen LogP contribution in [0.3, 0.4) is 0 Å². The third-order valence-corrected chi connectivity index (χ3v) is 4.87. The van der Waals surface area contributed by atoms with E-state index in [1.807, 2.05) is 19.1 Å². The maximum atomic E-state index is 11.9. The van der Waals surface area contributed by atoms with E-state index >= 15 is 0 Å². The zero-order valence-corrected chi connectivity index (χ0v) is 18.3. The van der Waals surface area contributed by atoms with Crippen molar-refractivity contribution >= 4 is 11.8 Å². The molecule has 6 heteroatoms. The second-order valence-corrected chi connectivity index (χ2v) is 7.87. The highest BCUT2D eigenvalue weighted by atomic mass is 16.4. The molecule has 0 heterocycles. The average molecular weight is 417 g/mol. The summed E-state index contributed by atoms with van der Waals surface area (Å²) in [7, 11) is 0. The minimum absolute atomic E-state index is 0.0587. The summed E-state index contributed by atoms with van der Waals surface area (Å²) in [6.45, 7) is 8.71. The van der Waals surface area contributed by atoms with Crippen molar-refractivity contribution in [3.8, 4) is 11.5 Å². The Balaban J connectivity index is 2.74. The molecule has 4 N–H and O–H groups in total. The molecule has 0 saturated heterocycles. The van der Waals surface area contributed by atoms with Gasteiger partial charge in [-0.3, -0.25) is 9.59 Å². The molecule has 164 valence electrons. The summed E-state index contributed by atoms with van der Waals surface area (Å²) >= 11 is 0. The summed E-state index contributed by atoms with van der Waals surface area (Å²) in [6.07, 6.45) is 5.80. The number of carboxylic acids is 1. The van der Waals surface area contributed by atoms with E-state index in [4.69, 9.17) is 5.11 Å². The van der Waals surface area contributed by atoms with Gasteiger partial charge in [-0.1, -0.05) is 23.3 Å². The van der Waals surface area contributed by atoms with Gasteiger partial charge in [0.2, 0.25) is 0 Å². The third kappa shape index (κ3) is 7.52. The van der Waals surface area contributed by atoms with Gasteiger partial charge in [-0.05, 0) is 77.7 Å². The largest absolute Gasteiger partial charge is 0.508 e. The van der Waals surface area contributed by atoms with E-state index < -0.39 is 18.0 Å². The highest BCUT2D eigenvalue weighted by molar-refractivity contribution is 5.95. The van der Waals surface area contributed by atoms with Crippen LogP contribution in [0.25, 0.3) is 0 Å². The van der Waals surface area contributed by atoms with Crippen LogP contribution in [-0.2, 0) is 16.0 Å². The lowest BCUT2D eigenvalue weighted by atomic mass is 9.96. The first-order chi connectivity index (χ1) is 13.9. The molecule has 1 rings (SSSR count). The summed E-state index contributed by atoms with van der Waals surface area (Å²) in [5, 5.41) is 39.4. The quantitative estimate of drug-likeness (QED) is 0.255. The van der Waals surface area contributed by atoms with Gasteiger partial charge < -0.3 is 20.4 Å². The molecule has 2 atom stereocenters. The van der Waals surface area contributed by atoms with E-state index in [1.165, 1.54) is 25.1 Å². The van der Waals surface area contributed by atoms with Crippen LogP contribution in [0.2, 0.25) is 0 Å². The van der Waals surface area contributed by atoms with Gasteiger partial charge in [0.05, 0.1) is 5.92 Å². The van der Waals surface area contributed by atoms with Crippen molar-refractivity contribution in [3.63, 3.8) is 0 Å². The molecule has 0 saturated carbocycles. The monoisotopic (exact) mass is 416 g/mol. The van der Waals surface area contributed by atoms with Crippen LogP contribution in [0, 0.1) is 0 Å². The Labute approximate surface area is 177 Å². The average Bonchev–Trinajstić information content (AvgIpc) is 2.66. The van der Waals surface area contributed by atoms with Crippen molar-refractivity contribution in [3.05, 3.63) is 58.2 Å². The van der Waals surface area contributed by atoms with Gasteiger partial charge in [-0.25, -0.2) is 0 Å². The predicted molar refractivity (Wildman–Crippen MR) is 117 cm³/mol. The molecule has 0 aliphatic rings. The van der Waals surface area contributed by atoms with Crippen LogP contribution in [0.15, 0.2) is 47.1 Å². The smallest absolute Gasteiger partial charge is 0.310 e. The number of hydrogen-bond acceptors (Lipinski definition) is 5. The van der Waals surface area contributed by atoms with Gasteiger partial charge in [-0.15, -0.1) is 0 Å². The Hall–Kier alpha value is -2.86. The van der Waals surface area contributed by atoms with E-state index in [0.717, 1.165) is 11.1 Å². The third-order valence-electron chi connectivity index (χ3n) is 4.87. The lowest BCUT2D eigenvalue weighted by molar-refractivity contribution is -0.138. The number of aliphatic hydroxyl groups is 1. The van der Waals surface area contributed by atoms with Crippen molar-refractivity contribution in [2.75, 3.05) is 0 Å². The van der Waals surface area contributed by atoms with Gasteiger partial charge >= 0.3 is 5.97 Å². The zero-order chi connectivity index (χ0) is 23.0. The van der Waals surface area contributed by atoms with Crippen LogP contribution in [0.1, 0.15) is 64.5 Å². The molecular formula is C24H32O6. The van der Waals surface area contributed by atoms with Crippen molar-refractivity contribution in [2.24, 2.45) is 0 Å². The Morgan fingerprint density at radius 2 is 1.67 bits per heavy atom.